The van der Waals surface area contributed by atoms with E-state index in [1.807, 2.05) is 11.8 Å². The van der Waals surface area contributed by atoms with Gasteiger partial charge in [-0.25, -0.2) is 4.79 Å². The van der Waals surface area contributed by atoms with E-state index in [4.69, 9.17) is 9.84 Å². The minimum absolute atomic E-state index is 0.265. The molecule has 0 aliphatic carbocycles. The summed E-state index contributed by atoms with van der Waals surface area (Å²) in [6.45, 7) is 5.04. The number of carbonyl (C=O) groups is 1. The van der Waals surface area contributed by atoms with Crippen molar-refractivity contribution in [2.45, 2.75) is 31.9 Å². The third-order valence-corrected chi connectivity index (χ3v) is 4.04. The first kappa shape index (κ1) is 14.9. The molecular weight excluding hydrogens is 248 g/mol. The molecule has 4 heteroatoms. The molecule has 100 valence electrons. The van der Waals surface area contributed by atoms with Crippen LogP contribution in [0.2, 0.25) is 0 Å². The average molecular weight is 268 g/mol. The molecule has 1 unspecified atom stereocenters. The third kappa shape index (κ3) is 5.45. The van der Waals surface area contributed by atoms with Crippen LogP contribution in [-0.4, -0.2) is 28.7 Å². The molecule has 1 aromatic carbocycles. The van der Waals surface area contributed by atoms with Crippen molar-refractivity contribution in [1.82, 2.24) is 0 Å². The fourth-order valence-corrected chi connectivity index (χ4v) is 2.29. The summed E-state index contributed by atoms with van der Waals surface area (Å²) >= 11 is 1.95. The second kappa shape index (κ2) is 8.03. The van der Waals surface area contributed by atoms with Gasteiger partial charge in [0.2, 0.25) is 0 Å². The van der Waals surface area contributed by atoms with Crippen molar-refractivity contribution in [2.75, 3.05) is 12.4 Å². The Kier molecular flexibility index (Phi) is 6.65. The molecule has 0 bridgehead atoms. The lowest BCUT2D eigenvalue weighted by Crippen LogP contribution is -2.02. The molecule has 0 fully saturated rings. The van der Waals surface area contributed by atoms with E-state index in [0.29, 0.717) is 17.6 Å². The van der Waals surface area contributed by atoms with Gasteiger partial charge in [0.25, 0.3) is 0 Å². The van der Waals surface area contributed by atoms with Crippen LogP contribution in [0.3, 0.4) is 0 Å². The summed E-state index contributed by atoms with van der Waals surface area (Å²) in [7, 11) is 0. The molecule has 18 heavy (non-hydrogen) atoms. The number of carboxylic acid groups (broad SMARTS) is 1. The summed E-state index contributed by atoms with van der Waals surface area (Å²) in [5.41, 5.74) is 0.265. The molecule has 0 heterocycles. The summed E-state index contributed by atoms with van der Waals surface area (Å²) in [6.07, 6.45) is 2.17. The summed E-state index contributed by atoms with van der Waals surface area (Å²) in [5, 5.41) is 9.54. The second-order valence-corrected chi connectivity index (χ2v) is 5.67. The predicted octanol–water partition coefficient (Wildman–Crippen LogP) is 3.69. The maximum absolute atomic E-state index is 10.8. The van der Waals surface area contributed by atoms with Crippen molar-refractivity contribution in [1.29, 1.82) is 0 Å². The summed E-state index contributed by atoms with van der Waals surface area (Å²) in [4.78, 5) is 10.8. The van der Waals surface area contributed by atoms with Gasteiger partial charge in [-0.15, -0.1) is 0 Å². The number of hydrogen-bond donors (Lipinski definition) is 1. The van der Waals surface area contributed by atoms with Crippen molar-refractivity contribution in [3.63, 3.8) is 0 Å². The topological polar surface area (TPSA) is 46.5 Å². The maximum atomic E-state index is 10.8. The lowest BCUT2D eigenvalue weighted by molar-refractivity contribution is 0.0696. The van der Waals surface area contributed by atoms with Crippen LogP contribution in [0.1, 0.15) is 37.0 Å². The SMILES string of the molecule is CCC(C)SCCCOc1cccc(C(=O)O)c1. The molecule has 0 aliphatic rings. The van der Waals surface area contributed by atoms with E-state index in [1.54, 1.807) is 24.3 Å². The highest BCUT2D eigenvalue weighted by Crippen LogP contribution is 2.16. The fraction of sp³-hybridized carbons (Fsp3) is 0.500. The summed E-state index contributed by atoms with van der Waals surface area (Å²) in [5.74, 6) is 0.782. The van der Waals surface area contributed by atoms with Crippen LogP contribution in [0, 0.1) is 0 Å². The molecule has 0 amide bonds. The Morgan fingerprint density at radius 1 is 1.50 bits per heavy atom. The Labute approximate surface area is 113 Å². The maximum Gasteiger partial charge on any atom is 0.335 e. The molecule has 0 aliphatic heterocycles. The summed E-state index contributed by atoms with van der Waals surface area (Å²) < 4.78 is 5.54. The van der Waals surface area contributed by atoms with Crippen molar-refractivity contribution in [3.05, 3.63) is 29.8 Å². The van der Waals surface area contributed by atoms with Gasteiger partial charge in [0.05, 0.1) is 12.2 Å². The standard InChI is InChI=1S/C14H20O3S/c1-3-11(2)18-9-5-8-17-13-7-4-6-12(10-13)14(15)16/h4,6-7,10-11H,3,5,8-9H2,1-2H3,(H,15,16). The zero-order valence-electron chi connectivity index (χ0n) is 10.9. The molecule has 3 nitrogen and oxygen atoms in total. The van der Waals surface area contributed by atoms with Gasteiger partial charge >= 0.3 is 5.97 Å². The van der Waals surface area contributed by atoms with Crippen LogP contribution in [0.5, 0.6) is 5.75 Å². The van der Waals surface area contributed by atoms with Crippen molar-refractivity contribution < 1.29 is 14.6 Å². The van der Waals surface area contributed by atoms with Crippen LogP contribution in [0.15, 0.2) is 24.3 Å². The van der Waals surface area contributed by atoms with E-state index in [0.717, 1.165) is 12.2 Å². The molecule has 0 radical (unpaired) electrons. The van der Waals surface area contributed by atoms with E-state index < -0.39 is 5.97 Å². The van der Waals surface area contributed by atoms with E-state index in [9.17, 15) is 4.79 Å². The first-order valence-electron chi connectivity index (χ1n) is 6.21. The van der Waals surface area contributed by atoms with Crippen molar-refractivity contribution >= 4 is 17.7 Å². The molecule has 1 N–H and O–H groups in total. The number of hydrogen-bond acceptors (Lipinski definition) is 3. The van der Waals surface area contributed by atoms with Gasteiger partial charge in [0.1, 0.15) is 5.75 Å². The molecule has 0 aromatic heterocycles. The second-order valence-electron chi connectivity index (χ2n) is 4.12. The fourth-order valence-electron chi connectivity index (χ4n) is 1.37. The van der Waals surface area contributed by atoms with Gasteiger partial charge in [-0.3, -0.25) is 0 Å². The smallest absolute Gasteiger partial charge is 0.335 e. The number of benzene rings is 1. The minimum atomic E-state index is -0.923. The molecule has 0 saturated heterocycles. The number of carboxylic acids is 1. The Balaban J connectivity index is 2.27. The van der Waals surface area contributed by atoms with Gasteiger partial charge in [0, 0.05) is 5.25 Å². The number of thioether (sulfide) groups is 1. The number of aromatic carboxylic acids is 1. The van der Waals surface area contributed by atoms with Crippen LogP contribution in [0.4, 0.5) is 0 Å². The van der Waals surface area contributed by atoms with E-state index in [1.165, 1.54) is 6.42 Å². The molecule has 0 spiro atoms. The number of rotatable bonds is 8. The molecule has 1 rings (SSSR count). The normalized spacial score (nSPS) is 12.1. The Morgan fingerprint density at radius 3 is 2.94 bits per heavy atom. The summed E-state index contributed by atoms with van der Waals surface area (Å²) in [6, 6.07) is 6.61. The van der Waals surface area contributed by atoms with Gasteiger partial charge in [-0.1, -0.05) is 19.9 Å². The van der Waals surface area contributed by atoms with Crippen LogP contribution >= 0.6 is 11.8 Å². The molecule has 1 aromatic rings. The molecule has 1 atom stereocenters. The van der Waals surface area contributed by atoms with Crippen LogP contribution in [0.25, 0.3) is 0 Å². The Bertz CT molecular complexity index is 379. The largest absolute Gasteiger partial charge is 0.494 e. The zero-order valence-corrected chi connectivity index (χ0v) is 11.7. The van der Waals surface area contributed by atoms with Gasteiger partial charge in [-0.05, 0) is 36.8 Å². The first-order valence-corrected chi connectivity index (χ1v) is 7.26. The lowest BCUT2D eigenvalue weighted by atomic mass is 10.2. The van der Waals surface area contributed by atoms with Crippen LogP contribution < -0.4 is 4.74 Å². The third-order valence-electron chi connectivity index (χ3n) is 2.62. The minimum Gasteiger partial charge on any atom is -0.494 e. The van der Waals surface area contributed by atoms with E-state index in [2.05, 4.69) is 13.8 Å². The van der Waals surface area contributed by atoms with Gasteiger partial charge in [0.15, 0.2) is 0 Å². The highest BCUT2D eigenvalue weighted by molar-refractivity contribution is 7.99. The average Bonchev–Trinajstić information content (AvgIpc) is 2.38. The lowest BCUT2D eigenvalue weighted by Gasteiger charge is -2.09. The van der Waals surface area contributed by atoms with Crippen LogP contribution in [-0.2, 0) is 0 Å². The van der Waals surface area contributed by atoms with Gasteiger partial charge in [-0.2, -0.15) is 11.8 Å². The molecule has 0 saturated carbocycles. The number of ether oxygens (including phenoxy) is 1. The highest BCUT2D eigenvalue weighted by atomic mass is 32.2. The predicted molar refractivity (Wildman–Crippen MR) is 75.7 cm³/mol. The Morgan fingerprint density at radius 2 is 2.28 bits per heavy atom. The van der Waals surface area contributed by atoms with Crippen molar-refractivity contribution in [2.24, 2.45) is 0 Å². The quantitative estimate of drug-likeness (QED) is 0.730. The van der Waals surface area contributed by atoms with Crippen molar-refractivity contribution in [3.8, 4) is 5.75 Å². The van der Waals surface area contributed by atoms with Gasteiger partial charge < -0.3 is 9.84 Å². The van der Waals surface area contributed by atoms with E-state index >= 15 is 0 Å². The monoisotopic (exact) mass is 268 g/mol. The first-order chi connectivity index (χ1) is 8.63. The Hall–Kier alpha value is -1.16. The molecular formula is C14H20O3S. The highest BCUT2D eigenvalue weighted by Gasteiger charge is 2.04. The zero-order chi connectivity index (χ0) is 13.4. The van der Waals surface area contributed by atoms with E-state index in [-0.39, 0.29) is 5.56 Å².